The van der Waals surface area contributed by atoms with E-state index in [9.17, 15) is 4.79 Å². The first kappa shape index (κ1) is 14.7. The molecule has 2 aromatic rings. The van der Waals surface area contributed by atoms with Crippen molar-refractivity contribution in [2.45, 2.75) is 19.9 Å². The summed E-state index contributed by atoms with van der Waals surface area (Å²) < 4.78 is 5.11. The van der Waals surface area contributed by atoms with E-state index < -0.39 is 0 Å². The standard InChI is InChI=1S/C16H17NO2.ClH/c1-16(2)10-19-15(18)17-14(16)13-9-5-7-11-6-3-4-8-12(11)13;/h3-9,14H,10H2,1-2H3,(H,17,18);1H/t14-;/m0./s1. The summed E-state index contributed by atoms with van der Waals surface area (Å²) in [5.41, 5.74) is 1.03. The Morgan fingerprint density at radius 2 is 1.85 bits per heavy atom. The molecular weight excluding hydrogens is 274 g/mol. The molecule has 1 fully saturated rings. The van der Waals surface area contributed by atoms with Gasteiger partial charge in [0.2, 0.25) is 0 Å². The number of benzene rings is 2. The number of fused-ring (bicyclic) bond motifs is 1. The number of ether oxygens (including phenoxy) is 1. The third-order valence-electron chi connectivity index (χ3n) is 3.75. The molecule has 1 N–H and O–H groups in total. The lowest BCUT2D eigenvalue weighted by Gasteiger charge is -2.39. The van der Waals surface area contributed by atoms with Crippen LogP contribution in [0.15, 0.2) is 42.5 Å². The van der Waals surface area contributed by atoms with Crippen LogP contribution in [-0.4, -0.2) is 12.7 Å². The van der Waals surface area contributed by atoms with Crippen LogP contribution in [0.1, 0.15) is 25.5 Å². The summed E-state index contributed by atoms with van der Waals surface area (Å²) in [4.78, 5) is 11.5. The van der Waals surface area contributed by atoms with Gasteiger partial charge in [0.1, 0.15) is 6.61 Å². The van der Waals surface area contributed by atoms with E-state index in [1.165, 1.54) is 10.8 Å². The lowest BCUT2D eigenvalue weighted by Crippen LogP contribution is -2.47. The molecule has 0 bridgehead atoms. The Labute approximate surface area is 124 Å². The maximum Gasteiger partial charge on any atom is 0.407 e. The summed E-state index contributed by atoms with van der Waals surface area (Å²) in [6, 6.07) is 14.4. The number of nitrogens with one attached hydrogen (secondary N) is 1. The molecule has 3 nitrogen and oxygen atoms in total. The molecule has 0 radical (unpaired) electrons. The van der Waals surface area contributed by atoms with Crippen molar-refractivity contribution in [1.29, 1.82) is 0 Å². The van der Waals surface area contributed by atoms with E-state index in [4.69, 9.17) is 4.74 Å². The van der Waals surface area contributed by atoms with Gasteiger partial charge in [-0.1, -0.05) is 56.3 Å². The Balaban J connectivity index is 0.00000147. The molecule has 1 aliphatic rings. The molecule has 1 aliphatic heterocycles. The van der Waals surface area contributed by atoms with Crippen molar-refractivity contribution in [2.75, 3.05) is 6.61 Å². The number of hydrogen-bond acceptors (Lipinski definition) is 2. The lowest BCUT2D eigenvalue weighted by atomic mass is 9.79. The summed E-state index contributed by atoms with van der Waals surface area (Å²) >= 11 is 0. The fraction of sp³-hybridized carbons (Fsp3) is 0.312. The highest BCUT2D eigenvalue weighted by atomic mass is 35.5. The van der Waals surface area contributed by atoms with Crippen LogP contribution in [0.2, 0.25) is 0 Å². The van der Waals surface area contributed by atoms with Crippen LogP contribution in [0.5, 0.6) is 0 Å². The normalized spacial score (nSPS) is 20.7. The van der Waals surface area contributed by atoms with Gasteiger partial charge in [0.25, 0.3) is 0 Å². The number of alkyl carbamates (subject to hydrolysis) is 1. The summed E-state index contributed by atoms with van der Waals surface area (Å²) in [7, 11) is 0. The van der Waals surface area contributed by atoms with Crippen molar-refractivity contribution in [3.63, 3.8) is 0 Å². The maximum absolute atomic E-state index is 11.5. The molecule has 1 heterocycles. The highest BCUT2D eigenvalue weighted by molar-refractivity contribution is 5.86. The van der Waals surface area contributed by atoms with Gasteiger partial charge >= 0.3 is 6.09 Å². The Kier molecular flexibility index (Phi) is 3.91. The molecule has 0 unspecified atom stereocenters. The molecular formula is C16H18ClNO2. The van der Waals surface area contributed by atoms with E-state index in [0.29, 0.717) is 6.61 Å². The summed E-state index contributed by atoms with van der Waals surface area (Å²) in [6.07, 6.45) is -0.336. The highest BCUT2D eigenvalue weighted by Crippen LogP contribution is 2.39. The number of carbonyl (C=O) groups excluding carboxylic acids is 1. The van der Waals surface area contributed by atoms with Crippen LogP contribution >= 0.6 is 12.4 Å². The summed E-state index contributed by atoms with van der Waals surface area (Å²) in [5.74, 6) is 0. The second kappa shape index (κ2) is 5.33. The third-order valence-corrected chi connectivity index (χ3v) is 3.75. The summed E-state index contributed by atoms with van der Waals surface area (Å²) in [5, 5.41) is 5.33. The number of halogens is 1. The van der Waals surface area contributed by atoms with Gasteiger partial charge in [0, 0.05) is 5.41 Å². The van der Waals surface area contributed by atoms with Crippen molar-refractivity contribution < 1.29 is 9.53 Å². The molecule has 0 saturated carbocycles. The Morgan fingerprint density at radius 3 is 2.65 bits per heavy atom. The fourth-order valence-electron chi connectivity index (χ4n) is 2.69. The zero-order valence-electron chi connectivity index (χ0n) is 11.6. The van der Waals surface area contributed by atoms with E-state index in [2.05, 4.69) is 43.4 Å². The maximum atomic E-state index is 11.5. The average Bonchev–Trinajstić information content (AvgIpc) is 2.41. The summed E-state index contributed by atoms with van der Waals surface area (Å²) in [6.45, 7) is 4.66. The molecule has 106 valence electrons. The Bertz CT molecular complexity index is 634. The van der Waals surface area contributed by atoms with Crippen LogP contribution < -0.4 is 5.32 Å². The molecule has 1 atom stereocenters. The quantitative estimate of drug-likeness (QED) is 0.860. The fourth-order valence-corrected chi connectivity index (χ4v) is 2.69. The largest absolute Gasteiger partial charge is 0.449 e. The van der Waals surface area contributed by atoms with Gasteiger partial charge in [0.15, 0.2) is 0 Å². The predicted molar refractivity (Wildman–Crippen MR) is 82.2 cm³/mol. The van der Waals surface area contributed by atoms with Crippen LogP contribution in [-0.2, 0) is 4.74 Å². The zero-order chi connectivity index (χ0) is 13.5. The molecule has 1 amide bonds. The van der Waals surface area contributed by atoms with E-state index in [1.54, 1.807) is 0 Å². The van der Waals surface area contributed by atoms with Crippen molar-refractivity contribution in [1.82, 2.24) is 5.32 Å². The van der Waals surface area contributed by atoms with Crippen molar-refractivity contribution in [3.8, 4) is 0 Å². The molecule has 4 heteroatoms. The number of amides is 1. The molecule has 20 heavy (non-hydrogen) atoms. The van der Waals surface area contributed by atoms with Gasteiger partial charge in [0.05, 0.1) is 6.04 Å². The predicted octanol–water partition coefficient (Wildman–Crippen LogP) is 4.07. The van der Waals surface area contributed by atoms with Gasteiger partial charge in [-0.15, -0.1) is 12.4 Å². The molecule has 3 rings (SSSR count). The third kappa shape index (κ3) is 2.46. The minimum Gasteiger partial charge on any atom is -0.449 e. The molecule has 0 aromatic heterocycles. The Morgan fingerprint density at radius 1 is 1.15 bits per heavy atom. The van der Waals surface area contributed by atoms with Crippen LogP contribution in [0.3, 0.4) is 0 Å². The van der Waals surface area contributed by atoms with Gasteiger partial charge in [-0.2, -0.15) is 0 Å². The van der Waals surface area contributed by atoms with Crippen molar-refractivity contribution >= 4 is 29.3 Å². The van der Waals surface area contributed by atoms with Crippen molar-refractivity contribution in [2.24, 2.45) is 5.41 Å². The van der Waals surface area contributed by atoms with Gasteiger partial charge in [-0.25, -0.2) is 4.79 Å². The van der Waals surface area contributed by atoms with E-state index >= 15 is 0 Å². The van der Waals surface area contributed by atoms with Crippen LogP contribution in [0.4, 0.5) is 4.79 Å². The van der Waals surface area contributed by atoms with Gasteiger partial charge in [-0.05, 0) is 16.3 Å². The first-order chi connectivity index (χ1) is 9.08. The minimum atomic E-state index is -0.336. The topological polar surface area (TPSA) is 38.3 Å². The molecule has 0 aliphatic carbocycles. The monoisotopic (exact) mass is 291 g/mol. The van der Waals surface area contributed by atoms with E-state index in [-0.39, 0.29) is 30.0 Å². The molecule has 0 spiro atoms. The van der Waals surface area contributed by atoms with E-state index in [1.807, 2.05) is 18.2 Å². The number of cyclic esters (lactones) is 1. The first-order valence-electron chi connectivity index (χ1n) is 6.49. The average molecular weight is 292 g/mol. The van der Waals surface area contributed by atoms with Gasteiger partial charge < -0.3 is 10.1 Å². The smallest absolute Gasteiger partial charge is 0.407 e. The number of hydrogen-bond donors (Lipinski definition) is 1. The number of carbonyl (C=O) groups is 1. The first-order valence-corrected chi connectivity index (χ1v) is 6.49. The number of rotatable bonds is 1. The second-order valence-corrected chi connectivity index (χ2v) is 5.71. The zero-order valence-corrected chi connectivity index (χ0v) is 12.4. The van der Waals surface area contributed by atoms with E-state index in [0.717, 1.165) is 5.56 Å². The van der Waals surface area contributed by atoms with Crippen molar-refractivity contribution in [3.05, 3.63) is 48.0 Å². The Hall–Kier alpha value is -1.74. The van der Waals surface area contributed by atoms with Crippen LogP contribution in [0, 0.1) is 5.41 Å². The highest BCUT2D eigenvalue weighted by Gasteiger charge is 2.38. The minimum absolute atomic E-state index is 0. The van der Waals surface area contributed by atoms with Crippen LogP contribution in [0.25, 0.3) is 10.8 Å². The molecule has 1 saturated heterocycles. The SMILES string of the molecule is CC1(C)COC(=O)N[C@H]1c1cccc2ccccc12.Cl. The molecule has 2 aromatic carbocycles. The van der Waals surface area contributed by atoms with Gasteiger partial charge in [-0.3, -0.25) is 0 Å². The lowest BCUT2D eigenvalue weighted by molar-refractivity contribution is 0.0391. The second-order valence-electron chi connectivity index (χ2n) is 5.71.